The lowest BCUT2D eigenvalue weighted by Gasteiger charge is -2.45. The fraction of sp³-hybridized carbons (Fsp3) is 0.273. The molecule has 3 N–H and O–H groups in total. The summed E-state index contributed by atoms with van der Waals surface area (Å²) in [5.41, 5.74) is 9.44. The van der Waals surface area contributed by atoms with Crippen molar-refractivity contribution in [1.82, 2.24) is 15.0 Å². The van der Waals surface area contributed by atoms with Crippen molar-refractivity contribution in [2.45, 2.75) is 25.4 Å². The van der Waals surface area contributed by atoms with Gasteiger partial charge in [0.05, 0.1) is 35.5 Å². The van der Waals surface area contributed by atoms with Gasteiger partial charge in [-0.25, -0.2) is 14.2 Å². The molecule has 3 aromatic rings. The average Bonchev–Trinajstić information content (AvgIpc) is 2.79. The number of nitrogens with one attached hydrogen (secondary N) is 1. The highest BCUT2D eigenvalue weighted by Gasteiger charge is 2.38. The number of carbonyl (C=O) groups excluding carboxylic acids is 1. The molecule has 0 aromatic carbocycles. The van der Waals surface area contributed by atoms with Crippen molar-refractivity contribution in [1.29, 1.82) is 0 Å². The number of hydrogen-bond acceptors (Lipinski definition) is 6. The van der Waals surface area contributed by atoms with Gasteiger partial charge in [0.2, 0.25) is 0 Å². The largest absolute Gasteiger partial charge is 0.366 e. The van der Waals surface area contributed by atoms with E-state index in [1.54, 1.807) is 17.3 Å². The van der Waals surface area contributed by atoms with Crippen molar-refractivity contribution in [2.24, 2.45) is 5.73 Å². The molecule has 1 saturated heterocycles. The molecule has 8 nitrogen and oxygen atoms in total. The van der Waals surface area contributed by atoms with Crippen LogP contribution in [0.5, 0.6) is 0 Å². The molecule has 3 aromatic heterocycles. The molecular weight excluding hydrogens is 397 g/mol. The number of pyridine rings is 3. The van der Waals surface area contributed by atoms with Gasteiger partial charge >= 0.3 is 6.03 Å². The first kappa shape index (κ1) is 19.4. The highest BCUT2D eigenvalue weighted by Crippen LogP contribution is 2.39. The van der Waals surface area contributed by atoms with E-state index in [2.05, 4.69) is 20.2 Å². The summed E-state index contributed by atoms with van der Waals surface area (Å²) in [6, 6.07) is 6.78. The molecule has 31 heavy (non-hydrogen) atoms. The van der Waals surface area contributed by atoms with E-state index in [-0.39, 0.29) is 12.1 Å². The maximum absolute atomic E-state index is 13.5. The lowest BCUT2D eigenvalue weighted by Crippen LogP contribution is -2.56. The molecule has 2 amide bonds. The zero-order chi connectivity index (χ0) is 21.4. The van der Waals surface area contributed by atoms with Crippen LogP contribution in [0.15, 0.2) is 49.1 Å². The molecule has 0 spiro atoms. The summed E-state index contributed by atoms with van der Waals surface area (Å²) in [6.07, 6.45) is 7.85. The van der Waals surface area contributed by atoms with Gasteiger partial charge in [-0.3, -0.25) is 14.9 Å². The Labute approximate surface area is 178 Å². The number of halogens is 1. The van der Waals surface area contributed by atoms with E-state index in [0.29, 0.717) is 23.7 Å². The van der Waals surface area contributed by atoms with Crippen LogP contribution in [0.2, 0.25) is 0 Å². The highest BCUT2D eigenvalue weighted by molar-refractivity contribution is 6.04. The number of rotatable bonds is 3. The van der Waals surface area contributed by atoms with Crippen LogP contribution >= 0.6 is 0 Å². The third-order valence-corrected chi connectivity index (χ3v) is 5.69. The molecule has 9 heteroatoms. The maximum atomic E-state index is 13.5. The number of nitrogens with two attached hydrogens (primary N) is 1. The summed E-state index contributed by atoms with van der Waals surface area (Å²) in [5.74, 6) is 0.0850. The predicted octanol–water partition coefficient (Wildman–Crippen LogP) is 3.16. The van der Waals surface area contributed by atoms with E-state index in [0.717, 1.165) is 48.9 Å². The zero-order valence-electron chi connectivity index (χ0n) is 16.8. The van der Waals surface area contributed by atoms with E-state index in [9.17, 15) is 9.18 Å². The van der Waals surface area contributed by atoms with Gasteiger partial charge in [-0.1, -0.05) is 0 Å². The molecule has 0 aliphatic carbocycles. The monoisotopic (exact) mass is 419 g/mol. The van der Waals surface area contributed by atoms with Gasteiger partial charge in [-0.2, -0.15) is 0 Å². The number of fused-ring (bicyclic) bond motifs is 4. The number of hydrogen-bond donors (Lipinski definition) is 2. The number of nitrogens with zero attached hydrogens (tertiary/aromatic N) is 5. The Morgan fingerprint density at radius 3 is 2.90 bits per heavy atom. The maximum Gasteiger partial charge on any atom is 0.327 e. The summed E-state index contributed by atoms with van der Waals surface area (Å²) >= 11 is 0. The number of urea groups is 1. The van der Waals surface area contributed by atoms with E-state index in [1.165, 1.54) is 12.3 Å². The Kier molecular flexibility index (Phi) is 4.95. The molecular formula is C22H22FN7O. The van der Waals surface area contributed by atoms with Gasteiger partial charge in [-0.15, -0.1) is 0 Å². The quantitative estimate of drug-likeness (QED) is 0.676. The summed E-state index contributed by atoms with van der Waals surface area (Å²) in [6.45, 7) is 2.06. The number of anilines is 3. The molecule has 5 rings (SSSR count). The molecule has 158 valence electrons. The van der Waals surface area contributed by atoms with Crippen molar-refractivity contribution >= 4 is 23.2 Å². The van der Waals surface area contributed by atoms with Crippen molar-refractivity contribution in [2.75, 3.05) is 28.2 Å². The smallest absolute Gasteiger partial charge is 0.327 e. The lowest BCUT2D eigenvalue weighted by atomic mass is 9.99. The molecule has 0 unspecified atom stereocenters. The normalized spacial score (nSPS) is 17.3. The Morgan fingerprint density at radius 1 is 1.19 bits per heavy atom. The molecule has 0 saturated carbocycles. The van der Waals surface area contributed by atoms with Crippen LogP contribution in [0.1, 0.15) is 18.4 Å². The Balaban J connectivity index is 1.54. The fourth-order valence-corrected chi connectivity index (χ4v) is 4.25. The van der Waals surface area contributed by atoms with Gasteiger partial charge in [0, 0.05) is 43.7 Å². The molecule has 1 atom stereocenters. The number of aromatic nitrogens is 3. The van der Waals surface area contributed by atoms with E-state index < -0.39 is 5.82 Å². The molecule has 0 radical (unpaired) electrons. The third kappa shape index (κ3) is 3.68. The minimum absolute atomic E-state index is 0.0148. The van der Waals surface area contributed by atoms with Gasteiger partial charge < -0.3 is 16.0 Å². The van der Waals surface area contributed by atoms with Crippen molar-refractivity contribution in [3.05, 3.63) is 60.4 Å². The van der Waals surface area contributed by atoms with E-state index in [4.69, 9.17) is 10.7 Å². The van der Waals surface area contributed by atoms with Crippen LogP contribution in [0.4, 0.5) is 26.4 Å². The minimum atomic E-state index is -0.506. The summed E-state index contributed by atoms with van der Waals surface area (Å²) in [4.78, 5) is 30.1. The van der Waals surface area contributed by atoms with Crippen molar-refractivity contribution in [3.63, 3.8) is 0 Å². The Bertz CT molecular complexity index is 1140. The first-order valence-corrected chi connectivity index (χ1v) is 10.2. The van der Waals surface area contributed by atoms with Gasteiger partial charge in [0.15, 0.2) is 5.82 Å². The second-order valence-corrected chi connectivity index (χ2v) is 7.76. The molecule has 1 fully saturated rings. The molecule has 2 aliphatic heterocycles. The van der Waals surface area contributed by atoms with Gasteiger partial charge in [0.1, 0.15) is 5.82 Å². The highest BCUT2D eigenvalue weighted by atomic mass is 19.1. The first-order chi connectivity index (χ1) is 15.1. The van der Waals surface area contributed by atoms with Crippen LogP contribution < -0.4 is 20.9 Å². The summed E-state index contributed by atoms with van der Waals surface area (Å²) in [7, 11) is 0. The second kappa shape index (κ2) is 7.92. The first-order valence-electron chi connectivity index (χ1n) is 10.2. The second-order valence-electron chi connectivity index (χ2n) is 7.76. The van der Waals surface area contributed by atoms with Crippen LogP contribution in [-0.2, 0) is 6.54 Å². The van der Waals surface area contributed by atoms with Crippen LogP contribution in [0, 0.1) is 5.82 Å². The topological polar surface area (TPSA) is 100 Å². The zero-order valence-corrected chi connectivity index (χ0v) is 16.8. The Hall–Kier alpha value is -3.59. The SMILES string of the molecule is NCc1cncc(-c2ccc3c(n2)N(C(=O)Nc2cncc(F)c2)[C@H]2CCCN3C2)c1. The standard InChI is InChI=1S/C22H22FN7O/c23-16-7-17(12-26-11-16)27-22(31)30-18-2-1-5-29(13-18)20-4-3-19(28-21(20)30)15-6-14(8-24)9-25-10-15/h3-4,6-7,9-12,18H,1-2,5,8,13,24H2,(H,27,31)/t18-/m0/s1. The van der Waals surface area contributed by atoms with Crippen molar-refractivity contribution in [3.8, 4) is 11.3 Å². The molecule has 2 aliphatic rings. The minimum Gasteiger partial charge on any atom is -0.366 e. The van der Waals surface area contributed by atoms with Crippen molar-refractivity contribution < 1.29 is 9.18 Å². The lowest BCUT2D eigenvalue weighted by molar-refractivity contribution is 0.252. The van der Waals surface area contributed by atoms with Crippen LogP contribution in [0.3, 0.4) is 0 Å². The average molecular weight is 419 g/mol. The molecule has 2 bridgehead atoms. The van der Waals surface area contributed by atoms with Gasteiger partial charge in [-0.05, 0) is 36.6 Å². The number of carbonyl (C=O) groups is 1. The van der Waals surface area contributed by atoms with Gasteiger partial charge in [0.25, 0.3) is 0 Å². The van der Waals surface area contributed by atoms with E-state index >= 15 is 0 Å². The third-order valence-electron chi connectivity index (χ3n) is 5.69. The summed E-state index contributed by atoms with van der Waals surface area (Å²) in [5, 5.41) is 2.77. The van der Waals surface area contributed by atoms with E-state index in [1.807, 2.05) is 18.2 Å². The van der Waals surface area contributed by atoms with Crippen LogP contribution in [0.25, 0.3) is 11.3 Å². The Morgan fingerprint density at radius 2 is 2.06 bits per heavy atom. The predicted molar refractivity (Wildman–Crippen MR) is 116 cm³/mol. The number of amides is 2. The number of piperidine rings is 1. The molecule has 5 heterocycles. The van der Waals surface area contributed by atoms with Crippen LogP contribution in [-0.4, -0.2) is 40.1 Å². The fourth-order valence-electron chi connectivity index (χ4n) is 4.25. The summed E-state index contributed by atoms with van der Waals surface area (Å²) < 4.78 is 13.5.